The van der Waals surface area contributed by atoms with E-state index in [0.29, 0.717) is 24.4 Å². The Bertz CT molecular complexity index is 924. The van der Waals surface area contributed by atoms with E-state index in [2.05, 4.69) is 21.2 Å². The molecule has 0 fully saturated rings. The molecule has 1 heterocycles. The molecular formula is C22H26BrN3O2. The monoisotopic (exact) mass is 443 g/mol. The highest BCUT2D eigenvalue weighted by Gasteiger charge is 2.30. The van der Waals surface area contributed by atoms with Crippen molar-refractivity contribution in [2.75, 3.05) is 14.1 Å². The average Bonchev–Trinajstić information content (AvgIpc) is 2.98. The van der Waals surface area contributed by atoms with Crippen molar-refractivity contribution < 1.29 is 9.59 Å². The minimum Gasteiger partial charge on any atom is -0.383 e. The first-order chi connectivity index (χ1) is 13.3. The lowest BCUT2D eigenvalue weighted by atomic mass is 9.92. The summed E-state index contributed by atoms with van der Waals surface area (Å²) in [5.74, 6) is -0.136. The molecule has 2 aromatic rings. The number of amides is 1. The minimum atomic E-state index is -0.146. The molecule has 0 aliphatic heterocycles. The highest BCUT2D eigenvalue weighted by molar-refractivity contribution is 9.10. The number of benzene rings is 1. The van der Waals surface area contributed by atoms with E-state index >= 15 is 0 Å². The van der Waals surface area contributed by atoms with Crippen LogP contribution in [0.5, 0.6) is 0 Å². The van der Waals surface area contributed by atoms with Crippen LogP contribution in [0.25, 0.3) is 0 Å². The van der Waals surface area contributed by atoms with Crippen LogP contribution in [0.3, 0.4) is 0 Å². The second-order valence-corrected chi connectivity index (χ2v) is 8.61. The molecule has 3 rings (SSSR count). The first-order valence-corrected chi connectivity index (χ1v) is 10.2. The van der Waals surface area contributed by atoms with Gasteiger partial charge in [0.15, 0.2) is 0 Å². The third-order valence-electron chi connectivity index (χ3n) is 4.67. The second-order valence-electron chi connectivity index (χ2n) is 7.69. The number of nitrogens with zero attached hydrogens (tertiary/aromatic N) is 2. The molecular weight excluding hydrogens is 418 g/mol. The molecule has 1 N–H and O–H groups in total. The van der Waals surface area contributed by atoms with E-state index in [1.165, 1.54) is 0 Å². The predicted molar refractivity (Wildman–Crippen MR) is 115 cm³/mol. The number of nitrogens with one attached hydrogen (secondary N) is 1. The molecule has 0 saturated heterocycles. The fraction of sp³-hybridized carbons (Fsp3) is 0.364. The number of allylic oxidation sites excluding steroid dienone is 1. The molecule has 0 radical (unpaired) electrons. The van der Waals surface area contributed by atoms with Gasteiger partial charge < -0.3 is 14.8 Å². The summed E-state index contributed by atoms with van der Waals surface area (Å²) >= 11 is 3.45. The summed E-state index contributed by atoms with van der Waals surface area (Å²) in [6.07, 6.45) is 3.34. The Kier molecular flexibility index (Phi) is 6.08. The largest absolute Gasteiger partial charge is 0.383 e. The van der Waals surface area contributed by atoms with Gasteiger partial charge in [0, 0.05) is 42.9 Å². The third-order valence-corrected chi connectivity index (χ3v) is 5.20. The summed E-state index contributed by atoms with van der Waals surface area (Å²) in [7, 11) is 3.83. The van der Waals surface area contributed by atoms with Crippen molar-refractivity contribution in [3.63, 3.8) is 0 Å². The zero-order chi connectivity index (χ0) is 20.4. The van der Waals surface area contributed by atoms with Gasteiger partial charge in [0.25, 0.3) is 5.91 Å². The number of fused-ring (bicyclic) bond motifs is 1. The summed E-state index contributed by atoms with van der Waals surface area (Å²) in [4.78, 5) is 27.9. The summed E-state index contributed by atoms with van der Waals surface area (Å²) in [6.45, 7) is 4.34. The Labute approximate surface area is 174 Å². The van der Waals surface area contributed by atoms with Gasteiger partial charge in [-0.25, -0.2) is 0 Å². The molecule has 0 bridgehead atoms. The number of Topliss-reactive ketones (excluding diaryl/α,β-unsaturated/α-hetero) is 1. The van der Waals surface area contributed by atoms with Gasteiger partial charge in [0.2, 0.25) is 5.78 Å². The van der Waals surface area contributed by atoms with Crippen LogP contribution in [-0.4, -0.2) is 41.3 Å². The summed E-state index contributed by atoms with van der Waals surface area (Å²) in [6, 6.07) is 9.86. The third kappa shape index (κ3) is 4.38. The topological polar surface area (TPSA) is 54.3 Å². The van der Waals surface area contributed by atoms with Crippen LogP contribution in [0.4, 0.5) is 0 Å². The van der Waals surface area contributed by atoms with E-state index in [9.17, 15) is 9.59 Å². The lowest BCUT2D eigenvalue weighted by molar-refractivity contribution is 0.0934. The van der Waals surface area contributed by atoms with Crippen LogP contribution < -0.4 is 5.32 Å². The second kappa shape index (κ2) is 8.35. The molecule has 5 nitrogen and oxygen atoms in total. The first-order valence-electron chi connectivity index (χ1n) is 9.45. The molecule has 148 valence electrons. The highest BCUT2D eigenvalue weighted by Crippen LogP contribution is 2.29. The van der Waals surface area contributed by atoms with Crippen molar-refractivity contribution in [3.8, 4) is 0 Å². The first kappa shape index (κ1) is 20.4. The van der Waals surface area contributed by atoms with Gasteiger partial charge in [0.1, 0.15) is 5.69 Å². The quantitative estimate of drug-likeness (QED) is 0.710. The predicted octanol–water partition coefficient (Wildman–Crippen LogP) is 4.01. The van der Waals surface area contributed by atoms with Crippen molar-refractivity contribution in [2.24, 2.45) is 0 Å². The van der Waals surface area contributed by atoms with Gasteiger partial charge in [-0.3, -0.25) is 9.59 Å². The van der Waals surface area contributed by atoms with Gasteiger partial charge in [-0.1, -0.05) is 28.1 Å². The maximum Gasteiger partial charge on any atom is 0.268 e. The molecule has 0 spiro atoms. The van der Waals surface area contributed by atoms with Crippen molar-refractivity contribution in [1.29, 1.82) is 0 Å². The molecule has 1 aromatic heterocycles. The number of hydrogen-bond donors (Lipinski definition) is 1. The van der Waals surface area contributed by atoms with E-state index in [-0.39, 0.29) is 17.7 Å². The molecule has 1 aliphatic rings. The zero-order valence-electron chi connectivity index (χ0n) is 16.8. The fourth-order valence-electron chi connectivity index (χ4n) is 3.49. The summed E-state index contributed by atoms with van der Waals surface area (Å²) in [5.41, 5.74) is 3.95. The van der Waals surface area contributed by atoms with Crippen molar-refractivity contribution in [2.45, 2.75) is 39.3 Å². The average molecular weight is 444 g/mol. The number of halogens is 1. The molecule has 1 aliphatic carbocycles. The van der Waals surface area contributed by atoms with E-state index in [0.717, 1.165) is 27.6 Å². The van der Waals surface area contributed by atoms with Crippen LogP contribution in [-0.2, 0) is 13.0 Å². The molecule has 6 heteroatoms. The van der Waals surface area contributed by atoms with Gasteiger partial charge in [-0.2, -0.15) is 0 Å². The van der Waals surface area contributed by atoms with Gasteiger partial charge in [-0.05, 0) is 56.0 Å². The Hall–Kier alpha value is -2.34. The van der Waals surface area contributed by atoms with Crippen LogP contribution in [0.1, 0.15) is 52.4 Å². The Morgan fingerprint density at radius 2 is 1.93 bits per heavy atom. The molecule has 0 unspecified atom stereocenters. The van der Waals surface area contributed by atoms with Crippen LogP contribution in [0, 0.1) is 0 Å². The smallest absolute Gasteiger partial charge is 0.268 e. The van der Waals surface area contributed by atoms with Crippen molar-refractivity contribution >= 4 is 27.6 Å². The van der Waals surface area contributed by atoms with Crippen LogP contribution >= 0.6 is 15.9 Å². The summed E-state index contributed by atoms with van der Waals surface area (Å²) < 4.78 is 2.87. The zero-order valence-corrected chi connectivity index (χ0v) is 18.3. The molecule has 0 atom stereocenters. The fourth-order valence-corrected chi connectivity index (χ4v) is 3.76. The highest BCUT2D eigenvalue weighted by atomic mass is 79.9. The lowest BCUT2D eigenvalue weighted by Gasteiger charge is -2.20. The number of aryl methyl sites for hydroxylation is 1. The van der Waals surface area contributed by atoms with Gasteiger partial charge in [0.05, 0.1) is 5.69 Å². The molecule has 1 aromatic carbocycles. The number of ketones is 1. The maximum atomic E-state index is 13.2. The normalized spacial score (nSPS) is 15.1. The Morgan fingerprint density at radius 1 is 1.25 bits per heavy atom. The number of hydrogen-bond acceptors (Lipinski definition) is 3. The van der Waals surface area contributed by atoms with E-state index in [4.69, 9.17) is 0 Å². The SMILES string of the molecule is CC(C)NC(=O)c1cc2c(n1Cc1ccc(Br)cc1)C(=O)/C(=C/N(C)C)CC2. The molecule has 28 heavy (non-hydrogen) atoms. The van der Waals surface area contributed by atoms with Crippen LogP contribution in [0.2, 0.25) is 0 Å². The summed E-state index contributed by atoms with van der Waals surface area (Å²) in [5, 5.41) is 2.96. The van der Waals surface area contributed by atoms with E-state index in [1.807, 2.05) is 73.9 Å². The number of carbonyl (C=O) groups is 2. The Balaban J connectivity index is 2.08. The number of rotatable bonds is 5. The standard InChI is InChI=1S/C22H26BrN3O2/c1-14(2)24-22(28)19-11-16-7-8-17(13-25(3)4)21(27)20(16)26(19)12-15-5-9-18(23)10-6-15/h5-6,9-11,13-14H,7-8,12H2,1-4H3,(H,24,28)/b17-13+. The van der Waals surface area contributed by atoms with Gasteiger partial charge in [-0.15, -0.1) is 0 Å². The van der Waals surface area contributed by atoms with E-state index < -0.39 is 0 Å². The van der Waals surface area contributed by atoms with E-state index in [1.54, 1.807) is 0 Å². The van der Waals surface area contributed by atoms with Crippen molar-refractivity contribution in [1.82, 2.24) is 14.8 Å². The molecule has 1 amide bonds. The van der Waals surface area contributed by atoms with Gasteiger partial charge >= 0.3 is 0 Å². The molecule has 0 saturated carbocycles. The van der Waals surface area contributed by atoms with Crippen LogP contribution in [0.15, 0.2) is 46.6 Å². The maximum absolute atomic E-state index is 13.2. The Morgan fingerprint density at radius 3 is 2.54 bits per heavy atom. The minimum absolute atomic E-state index is 0.00987. The number of aromatic nitrogens is 1. The number of carbonyl (C=O) groups excluding carboxylic acids is 2. The lowest BCUT2D eigenvalue weighted by Crippen LogP contribution is -2.32. The van der Waals surface area contributed by atoms with Crippen molar-refractivity contribution in [3.05, 3.63) is 69.1 Å².